The zero-order chi connectivity index (χ0) is 11.1. The Bertz CT molecular complexity index is 291. The Morgan fingerprint density at radius 3 is 2.93 bits per heavy atom. The van der Waals surface area contributed by atoms with Gasteiger partial charge in [0, 0.05) is 11.8 Å². The van der Waals surface area contributed by atoms with Crippen molar-refractivity contribution in [2.75, 3.05) is 12.8 Å². The van der Waals surface area contributed by atoms with E-state index in [0.29, 0.717) is 11.0 Å². The van der Waals surface area contributed by atoms with Gasteiger partial charge < -0.3 is 10.4 Å². The second kappa shape index (κ2) is 6.75. The third-order valence-corrected chi connectivity index (χ3v) is 3.41. The van der Waals surface area contributed by atoms with Crippen LogP contribution in [0.15, 0.2) is 24.3 Å². The molecule has 0 radical (unpaired) electrons. The Morgan fingerprint density at radius 1 is 1.47 bits per heavy atom. The molecule has 3 heteroatoms. The number of nitrogens with one attached hydrogen (secondary N) is 1. The first-order valence-electron chi connectivity index (χ1n) is 5.24. The van der Waals surface area contributed by atoms with Crippen molar-refractivity contribution in [1.29, 1.82) is 0 Å². The highest BCUT2D eigenvalue weighted by molar-refractivity contribution is 7.99. The molecule has 0 amide bonds. The molecule has 1 atom stereocenters. The summed E-state index contributed by atoms with van der Waals surface area (Å²) in [6, 6.07) is 7.38. The van der Waals surface area contributed by atoms with E-state index in [4.69, 9.17) is 0 Å². The number of hydrogen-bond donors (Lipinski definition) is 2. The van der Waals surface area contributed by atoms with Crippen LogP contribution in [0.4, 0.5) is 0 Å². The van der Waals surface area contributed by atoms with Crippen molar-refractivity contribution in [1.82, 2.24) is 5.32 Å². The van der Waals surface area contributed by atoms with E-state index in [9.17, 15) is 5.11 Å². The molecule has 1 aromatic carbocycles. The number of aromatic hydroxyl groups is 1. The van der Waals surface area contributed by atoms with E-state index in [1.54, 1.807) is 12.1 Å². The predicted molar refractivity (Wildman–Crippen MR) is 67.4 cm³/mol. The van der Waals surface area contributed by atoms with Gasteiger partial charge in [-0.2, -0.15) is 11.8 Å². The molecule has 1 rings (SSSR count). The van der Waals surface area contributed by atoms with E-state index >= 15 is 0 Å². The molecule has 0 saturated heterocycles. The van der Waals surface area contributed by atoms with Crippen molar-refractivity contribution in [2.45, 2.75) is 25.1 Å². The van der Waals surface area contributed by atoms with Gasteiger partial charge in [0.1, 0.15) is 5.75 Å². The lowest BCUT2D eigenvalue weighted by Crippen LogP contribution is -2.17. The van der Waals surface area contributed by atoms with Crippen molar-refractivity contribution < 1.29 is 5.11 Å². The van der Waals surface area contributed by atoms with Gasteiger partial charge in [0.05, 0.1) is 0 Å². The van der Waals surface area contributed by atoms with Gasteiger partial charge in [-0.15, -0.1) is 0 Å². The maximum absolute atomic E-state index is 9.26. The second-order valence-electron chi connectivity index (χ2n) is 3.68. The van der Waals surface area contributed by atoms with Crippen LogP contribution in [0, 0.1) is 0 Å². The topological polar surface area (TPSA) is 32.3 Å². The molecule has 0 heterocycles. The third-order valence-electron chi connectivity index (χ3n) is 2.37. The van der Waals surface area contributed by atoms with Gasteiger partial charge in [0.15, 0.2) is 0 Å². The zero-order valence-electron chi connectivity index (χ0n) is 9.36. The minimum Gasteiger partial charge on any atom is -0.508 e. The summed E-state index contributed by atoms with van der Waals surface area (Å²) < 4.78 is 0. The van der Waals surface area contributed by atoms with Crippen molar-refractivity contribution in [3.05, 3.63) is 29.8 Å². The fourth-order valence-electron chi connectivity index (χ4n) is 1.32. The maximum Gasteiger partial charge on any atom is 0.115 e. The van der Waals surface area contributed by atoms with Gasteiger partial charge in [-0.3, -0.25) is 0 Å². The van der Waals surface area contributed by atoms with Gasteiger partial charge in [0.25, 0.3) is 0 Å². The smallest absolute Gasteiger partial charge is 0.115 e. The molecule has 0 bridgehead atoms. The summed E-state index contributed by atoms with van der Waals surface area (Å²) >= 11 is 1.89. The Hall–Kier alpha value is -0.670. The number of phenols is 1. The molecule has 2 N–H and O–H groups in total. The molecular formula is C12H19NOS. The van der Waals surface area contributed by atoms with E-state index in [1.165, 1.54) is 6.42 Å². The lowest BCUT2D eigenvalue weighted by atomic mass is 10.2. The number of benzene rings is 1. The van der Waals surface area contributed by atoms with Crippen LogP contribution in [0.3, 0.4) is 0 Å². The van der Waals surface area contributed by atoms with Crippen LogP contribution in [-0.4, -0.2) is 23.2 Å². The Balaban J connectivity index is 2.20. The highest BCUT2D eigenvalue weighted by Gasteiger charge is 1.98. The van der Waals surface area contributed by atoms with Crippen LogP contribution in [0.2, 0.25) is 0 Å². The SMILES string of the molecule is CSC(C)CCNCc1cccc(O)c1. The van der Waals surface area contributed by atoms with Crippen LogP contribution in [0.5, 0.6) is 5.75 Å². The first-order valence-corrected chi connectivity index (χ1v) is 6.52. The first-order chi connectivity index (χ1) is 7.22. The molecule has 0 aromatic heterocycles. The maximum atomic E-state index is 9.26. The monoisotopic (exact) mass is 225 g/mol. The minimum absolute atomic E-state index is 0.340. The molecule has 0 aliphatic rings. The summed E-state index contributed by atoms with van der Waals surface area (Å²) in [5.74, 6) is 0.340. The summed E-state index contributed by atoms with van der Waals surface area (Å²) in [6.07, 6.45) is 3.32. The molecular weight excluding hydrogens is 206 g/mol. The number of hydrogen-bond acceptors (Lipinski definition) is 3. The Kier molecular flexibility index (Phi) is 5.58. The molecule has 15 heavy (non-hydrogen) atoms. The molecule has 0 spiro atoms. The van der Waals surface area contributed by atoms with E-state index in [0.717, 1.165) is 18.7 Å². The normalized spacial score (nSPS) is 12.7. The molecule has 2 nitrogen and oxygen atoms in total. The average Bonchev–Trinajstić information content (AvgIpc) is 2.24. The van der Waals surface area contributed by atoms with Crippen LogP contribution in [0.25, 0.3) is 0 Å². The summed E-state index contributed by atoms with van der Waals surface area (Å²) in [5.41, 5.74) is 1.13. The summed E-state index contributed by atoms with van der Waals surface area (Å²) in [5, 5.41) is 13.3. The molecule has 1 aromatic rings. The highest BCUT2D eigenvalue weighted by atomic mass is 32.2. The lowest BCUT2D eigenvalue weighted by molar-refractivity contribution is 0.474. The first kappa shape index (κ1) is 12.4. The fourth-order valence-corrected chi connectivity index (χ4v) is 1.68. The average molecular weight is 225 g/mol. The van der Waals surface area contributed by atoms with Gasteiger partial charge in [-0.25, -0.2) is 0 Å². The van der Waals surface area contributed by atoms with Crippen LogP contribution in [0.1, 0.15) is 18.9 Å². The quantitative estimate of drug-likeness (QED) is 0.730. The summed E-state index contributed by atoms with van der Waals surface area (Å²) in [6.45, 7) is 4.09. The molecule has 0 saturated carbocycles. The molecule has 1 unspecified atom stereocenters. The lowest BCUT2D eigenvalue weighted by Gasteiger charge is -2.09. The van der Waals surface area contributed by atoms with Crippen LogP contribution in [-0.2, 0) is 6.54 Å². The van der Waals surface area contributed by atoms with Gasteiger partial charge in [0.2, 0.25) is 0 Å². The van der Waals surface area contributed by atoms with Crippen molar-refractivity contribution in [2.24, 2.45) is 0 Å². The van der Waals surface area contributed by atoms with Crippen molar-refractivity contribution in [3.63, 3.8) is 0 Å². The standard InChI is InChI=1S/C12H19NOS/c1-10(15-2)6-7-13-9-11-4-3-5-12(14)8-11/h3-5,8,10,13-14H,6-7,9H2,1-2H3. The Morgan fingerprint density at radius 2 is 2.27 bits per heavy atom. The number of phenolic OH excluding ortho intramolecular Hbond substituents is 1. The highest BCUT2D eigenvalue weighted by Crippen LogP contribution is 2.11. The number of rotatable bonds is 6. The predicted octanol–water partition coefficient (Wildman–Crippen LogP) is 2.62. The minimum atomic E-state index is 0.340. The Labute approximate surface area is 96.1 Å². The van der Waals surface area contributed by atoms with Crippen molar-refractivity contribution >= 4 is 11.8 Å². The molecule has 0 fully saturated rings. The second-order valence-corrected chi connectivity index (χ2v) is 4.96. The van der Waals surface area contributed by atoms with E-state index in [2.05, 4.69) is 18.5 Å². The van der Waals surface area contributed by atoms with Crippen LogP contribution < -0.4 is 5.32 Å². The summed E-state index contributed by atoms with van der Waals surface area (Å²) in [7, 11) is 0. The number of thioether (sulfide) groups is 1. The molecule has 84 valence electrons. The van der Waals surface area contributed by atoms with E-state index in [-0.39, 0.29) is 0 Å². The summed E-state index contributed by atoms with van der Waals surface area (Å²) in [4.78, 5) is 0. The van der Waals surface area contributed by atoms with Crippen molar-refractivity contribution in [3.8, 4) is 5.75 Å². The van der Waals surface area contributed by atoms with E-state index in [1.807, 2.05) is 23.9 Å². The largest absolute Gasteiger partial charge is 0.508 e. The van der Waals surface area contributed by atoms with Gasteiger partial charge >= 0.3 is 0 Å². The zero-order valence-corrected chi connectivity index (χ0v) is 10.2. The van der Waals surface area contributed by atoms with Gasteiger partial charge in [-0.05, 0) is 36.9 Å². The van der Waals surface area contributed by atoms with Crippen LogP contribution >= 0.6 is 11.8 Å². The molecule has 0 aliphatic carbocycles. The fraction of sp³-hybridized carbons (Fsp3) is 0.500. The van der Waals surface area contributed by atoms with Gasteiger partial charge in [-0.1, -0.05) is 19.1 Å². The molecule has 0 aliphatic heterocycles. The third kappa shape index (κ3) is 5.09. The van der Waals surface area contributed by atoms with E-state index < -0.39 is 0 Å².